The molecule has 2 aliphatic rings. The van der Waals surface area contributed by atoms with E-state index in [9.17, 15) is 0 Å². The van der Waals surface area contributed by atoms with Crippen molar-refractivity contribution >= 4 is 51.7 Å². The van der Waals surface area contributed by atoms with E-state index in [4.69, 9.17) is 4.98 Å². The summed E-state index contributed by atoms with van der Waals surface area (Å²) in [6.07, 6.45) is 1.87. The number of pyridine rings is 1. The van der Waals surface area contributed by atoms with Gasteiger partial charge >= 0.3 is 0 Å². The van der Waals surface area contributed by atoms with Crippen LogP contribution in [0.1, 0.15) is 26.3 Å². The predicted molar refractivity (Wildman–Crippen MR) is 237 cm³/mol. The van der Waals surface area contributed by atoms with Crippen LogP contribution < -0.4 is 14.7 Å². The van der Waals surface area contributed by atoms with Gasteiger partial charge < -0.3 is 14.7 Å². The smallest absolute Gasteiger partial charge is 0.135 e. The Morgan fingerprint density at radius 2 is 1.19 bits per heavy atom. The standard InChI is InChI=1S/C52H39N4S.Pt/c1-52(2,3)38-26-23-36(24-27-38)37-25-29-45-43-18-7-8-19-44(43)46-30-28-42(34-50(46)56(49(45)32-37)51-22-11-12-31-53-51)57-41-17-13-16-40(33-41)55-35-54(39-14-5-4-6-15-39)47-20-9-10-21-48(47)55;/h4-32,35H,1-3H3;/q-3;. The summed E-state index contributed by atoms with van der Waals surface area (Å²) in [4.78, 5) is 13.7. The van der Waals surface area contributed by atoms with Gasteiger partial charge in [-0.3, -0.25) is 0 Å². The third-order valence-corrected chi connectivity index (χ3v) is 11.6. The Labute approximate surface area is 360 Å². The van der Waals surface area contributed by atoms with Crippen LogP contribution in [0, 0.1) is 18.8 Å². The van der Waals surface area contributed by atoms with Crippen LogP contribution in [-0.2, 0) is 26.5 Å². The van der Waals surface area contributed by atoms with Crippen LogP contribution in [0.2, 0.25) is 0 Å². The number of anilines is 7. The molecule has 0 amide bonds. The number of hydrogen-bond acceptors (Lipinski definition) is 5. The van der Waals surface area contributed by atoms with E-state index in [1.807, 2.05) is 18.3 Å². The molecule has 3 heterocycles. The van der Waals surface area contributed by atoms with Gasteiger partial charge in [0, 0.05) is 49.9 Å². The van der Waals surface area contributed by atoms with Gasteiger partial charge in [0.2, 0.25) is 0 Å². The Morgan fingerprint density at radius 1 is 0.534 bits per heavy atom. The Bertz CT molecular complexity index is 2750. The number of fused-ring (bicyclic) bond motifs is 6. The number of nitrogens with zero attached hydrogens (tertiary/aromatic N) is 4. The van der Waals surface area contributed by atoms with Gasteiger partial charge in [0.25, 0.3) is 0 Å². The van der Waals surface area contributed by atoms with E-state index < -0.39 is 0 Å². The summed E-state index contributed by atoms with van der Waals surface area (Å²) in [6, 6.07) is 68.1. The third-order valence-electron chi connectivity index (χ3n) is 10.7. The maximum Gasteiger partial charge on any atom is 0.135 e. The van der Waals surface area contributed by atoms with Crippen molar-refractivity contribution in [1.29, 1.82) is 0 Å². The molecule has 0 aliphatic carbocycles. The fourth-order valence-corrected chi connectivity index (χ4v) is 8.68. The normalized spacial score (nSPS) is 12.8. The van der Waals surface area contributed by atoms with Gasteiger partial charge in [-0.1, -0.05) is 129 Å². The van der Waals surface area contributed by atoms with Crippen molar-refractivity contribution in [1.82, 2.24) is 4.98 Å². The van der Waals surface area contributed by atoms with Crippen LogP contribution in [0.25, 0.3) is 33.4 Å². The Kier molecular flexibility index (Phi) is 10.1. The molecule has 0 radical (unpaired) electrons. The summed E-state index contributed by atoms with van der Waals surface area (Å²) in [5.41, 5.74) is 14.7. The second-order valence-electron chi connectivity index (χ2n) is 15.4. The minimum absolute atomic E-state index is 0. The van der Waals surface area contributed by atoms with Gasteiger partial charge in [-0.05, 0) is 70.1 Å². The van der Waals surface area contributed by atoms with Crippen LogP contribution in [-0.4, -0.2) is 4.98 Å². The first-order valence-electron chi connectivity index (χ1n) is 19.3. The van der Waals surface area contributed by atoms with Crippen molar-refractivity contribution < 1.29 is 21.1 Å². The molecular formula is C52H39N4PtS-3. The molecule has 1 aromatic heterocycles. The predicted octanol–water partition coefficient (Wildman–Crippen LogP) is 14.3. The summed E-state index contributed by atoms with van der Waals surface area (Å²) in [6.45, 7) is 8.92. The van der Waals surface area contributed by atoms with E-state index >= 15 is 0 Å². The number of para-hydroxylation sites is 3. The first kappa shape index (κ1) is 37.7. The maximum atomic E-state index is 4.94. The fourth-order valence-electron chi connectivity index (χ4n) is 7.85. The number of benzene rings is 7. The van der Waals surface area contributed by atoms with Gasteiger partial charge in [-0.15, -0.1) is 57.7 Å². The van der Waals surface area contributed by atoms with Gasteiger partial charge in [0.05, 0.1) is 5.69 Å². The molecule has 10 rings (SSSR count). The molecule has 0 spiro atoms. The molecule has 0 atom stereocenters. The molecule has 6 heteroatoms. The summed E-state index contributed by atoms with van der Waals surface area (Å²) >= 11 is 1.67. The van der Waals surface area contributed by atoms with E-state index in [1.165, 1.54) is 22.3 Å². The summed E-state index contributed by atoms with van der Waals surface area (Å²) in [5, 5.41) is 0. The quantitative estimate of drug-likeness (QED) is 0.155. The number of hydrogen-bond donors (Lipinski definition) is 0. The molecule has 0 fully saturated rings. The molecule has 0 N–H and O–H groups in total. The van der Waals surface area contributed by atoms with E-state index in [-0.39, 0.29) is 26.5 Å². The van der Waals surface area contributed by atoms with Crippen molar-refractivity contribution in [3.8, 4) is 33.4 Å². The Balaban J connectivity index is 0.00000436. The zero-order valence-corrected chi connectivity index (χ0v) is 35.4. The minimum Gasteiger partial charge on any atom is -0.493 e. The first-order valence-corrected chi connectivity index (χ1v) is 20.1. The van der Waals surface area contributed by atoms with E-state index in [2.05, 4.69) is 212 Å². The SMILES string of the molecule is CC(C)(C)c1ccc(-c2ccc3c(c2)N(c2ccccn2)c2[c-]c(Sc4[c-]c(N5[CH-]N(c6ccccc6)c6ccccc65)ccc4)ccc2-c2ccccc2-3)cc1.[Pt]. The van der Waals surface area contributed by atoms with Gasteiger partial charge in [-0.2, -0.15) is 24.3 Å². The van der Waals surface area contributed by atoms with Gasteiger partial charge in [0.1, 0.15) is 5.82 Å². The molecule has 286 valence electrons. The first-order chi connectivity index (χ1) is 27.9. The van der Waals surface area contributed by atoms with Crippen LogP contribution in [0.3, 0.4) is 0 Å². The molecule has 7 aromatic carbocycles. The van der Waals surface area contributed by atoms with Crippen molar-refractivity contribution in [2.75, 3.05) is 14.7 Å². The Morgan fingerprint density at radius 3 is 1.93 bits per heavy atom. The molecule has 0 saturated heterocycles. The van der Waals surface area contributed by atoms with Crippen LogP contribution >= 0.6 is 11.8 Å². The van der Waals surface area contributed by atoms with E-state index in [0.717, 1.165) is 66.4 Å². The molecular weight excluding hydrogens is 908 g/mol. The van der Waals surface area contributed by atoms with Crippen molar-refractivity contribution in [3.05, 3.63) is 200 Å². The van der Waals surface area contributed by atoms with Crippen molar-refractivity contribution in [3.63, 3.8) is 0 Å². The van der Waals surface area contributed by atoms with Crippen molar-refractivity contribution in [2.24, 2.45) is 0 Å². The molecule has 2 aliphatic heterocycles. The van der Waals surface area contributed by atoms with Crippen molar-refractivity contribution in [2.45, 2.75) is 36.0 Å². The van der Waals surface area contributed by atoms with Crippen LogP contribution in [0.5, 0.6) is 0 Å². The average molecular weight is 947 g/mol. The zero-order valence-electron chi connectivity index (χ0n) is 32.3. The number of aromatic nitrogens is 1. The zero-order chi connectivity index (χ0) is 38.5. The third kappa shape index (κ3) is 6.93. The summed E-state index contributed by atoms with van der Waals surface area (Å²) in [5.74, 6) is 0.839. The molecule has 0 bridgehead atoms. The maximum absolute atomic E-state index is 4.94. The van der Waals surface area contributed by atoms with Crippen LogP contribution in [0.4, 0.5) is 39.9 Å². The second-order valence-corrected chi connectivity index (χ2v) is 16.5. The molecule has 0 saturated carbocycles. The molecule has 58 heavy (non-hydrogen) atoms. The fraction of sp³-hybridized carbons (Fsp3) is 0.0769. The summed E-state index contributed by atoms with van der Waals surface area (Å²) in [7, 11) is 0. The van der Waals surface area contributed by atoms with Gasteiger partial charge in [-0.25, -0.2) is 4.98 Å². The van der Waals surface area contributed by atoms with Gasteiger partial charge in [0.15, 0.2) is 0 Å². The molecule has 0 unspecified atom stereocenters. The average Bonchev–Trinajstić information content (AvgIpc) is 3.59. The Hall–Kier alpha value is -5.87. The van der Waals surface area contributed by atoms with E-state index in [0.29, 0.717) is 0 Å². The largest absolute Gasteiger partial charge is 0.493 e. The topological polar surface area (TPSA) is 22.6 Å². The molecule has 4 nitrogen and oxygen atoms in total. The molecule has 8 aromatic rings. The van der Waals surface area contributed by atoms with E-state index in [1.54, 1.807) is 11.8 Å². The summed E-state index contributed by atoms with van der Waals surface area (Å²) < 4.78 is 0. The van der Waals surface area contributed by atoms with Crippen LogP contribution in [0.15, 0.2) is 186 Å². The number of rotatable bonds is 6. The minimum atomic E-state index is 0. The second kappa shape index (κ2) is 15.5. The monoisotopic (exact) mass is 946 g/mol.